The second-order valence-electron chi connectivity index (χ2n) is 8.34. The standard InChI is InChI=1S/C25H22Cl3N3O2/c26-20-5-2-1-4-17(20)18-12-16(15-8-10-30(33)11-9-15)13-23-19(18)14-29-25(32)31(23)24-21(27)6-3-7-22(24)28/h1-7,12-13,15,33H,8-11,14H2,(H,29,32). The zero-order valence-electron chi connectivity index (χ0n) is 17.7. The Morgan fingerprint density at radius 1 is 0.879 bits per heavy atom. The number of hydrogen-bond acceptors (Lipinski definition) is 3. The summed E-state index contributed by atoms with van der Waals surface area (Å²) in [6.45, 7) is 1.57. The summed E-state index contributed by atoms with van der Waals surface area (Å²) in [6.07, 6.45) is 1.63. The van der Waals surface area contributed by atoms with Crippen molar-refractivity contribution in [3.8, 4) is 11.1 Å². The Bertz CT molecular complexity index is 1210. The SMILES string of the molecule is O=C1NCc2c(-c3ccccc3Cl)cc(C3CCN(O)CC3)cc2N1c1c(Cl)cccc1Cl. The van der Waals surface area contributed by atoms with Crippen LogP contribution in [0.2, 0.25) is 15.1 Å². The molecular formula is C25H22Cl3N3O2. The molecule has 3 aromatic rings. The maximum atomic E-state index is 13.1. The third-order valence-electron chi connectivity index (χ3n) is 6.38. The fourth-order valence-electron chi connectivity index (χ4n) is 4.70. The Hall–Kier alpha value is -2.28. The number of hydrogen-bond donors (Lipinski definition) is 2. The Morgan fingerprint density at radius 2 is 1.55 bits per heavy atom. The normalized spacial score (nSPS) is 17.1. The minimum absolute atomic E-state index is 0.244. The number of anilines is 2. The quantitative estimate of drug-likeness (QED) is 0.397. The lowest BCUT2D eigenvalue weighted by molar-refractivity contribution is -0.106. The number of carbonyl (C=O) groups is 1. The molecule has 1 fully saturated rings. The largest absolute Gasteiger partial charge is 0.333 e. The fraction of sp³-hybridized carbons (Fsp3) is 0.240. The van der Waals surface area contributed by atoms with E-state index in [-0.39, 0.29) is 11.9 Å². The van der Waals surface area contributed by atoms with Crippen molar-refractivity contribution < 1.29 is 10.0 Å². The van der Waals surface area contributed by atoms with Crippen molar-refractivity contribution in [2.45, 2.75) is 25.3 Å². The molecule has 170 valence electrons. The maximum absolute atomic E-state index is 13.1. The van der Waals surface area contributed by atoms with E-state index in [9.17, 15) is 10.0 Å². The summed E-state index contributed by atoms with van der Waals surface area (Å²) in [5.74, 6) is 0.244. The molecule has 2 amide bonds. The van der Waals surface area contributed by atoms with Crippen LogP contribution in [0.15, 0.2) is 54.6 Å². The van der Waals surface area contributed by atoms with Gasteiger partial charge >= 0.3 is 6.03 Å². The summed E-state index contributed by atoms with van der Waals surface area (Å²) in [7, 11) is 0. The van der Waals surface area contributed by atoms with Crippen LogP contribution in [0.3, 0.4) is 0 Å². The average Bonchev–Trinajstić information content (AvgIpc) is 2.80. The number of nitrogens with zero attached hydrogens (tertiary/aromatic N) is 2. The molecule has 0 unspecified atom stereocenters. The third kappa shape index (κ3) is 4.20. The number of hydroxylamine groups is 2. The van der Waals surface area contributed by atoms with Gasteiger partial charge in [0.15, 0.2) is 0 Å². The molecule has 3 aromatic carbocycles. The van der Waals surface area contributed by atoms with Gasteiger partial charge in [-0.15, -0.1) is 0 Å². The van der Waals surface area contributed by atoms with Gasteiger partial charge in [-0.05, 0) is 54.2 Å². The summed E-state index contributed by atoms with van der Waals surface area (Å²) >= 11 is 19.6. The van der Waals surface area contributed by atoms with Crippen molar-refractivity contribution in [3.63, 3.8) is 0 Å². The van der Waals surface area contributed by atoms with Crippen LogP contribution in [0, 0.1) is 0 Å². The zero-order chi connectivity index (χ0) is 23.1. The molecule has 5 nitrogen and oxygen atoms in total. The lowest BCUT2D eigenvalue weighted by Gasteiger charge is -2.35. The second-order valence-corrected chi connectivity index (χ2v) is 9.56. The topological polar surface area (TPSA) is 55.8 Å². The molecule has 0 bridgehead atoms. The van der Waals surface area contributed by atoms with Crippen molar-refractivity contribution in [2.24, 2.45) is 0 Å². The van der Waals surface area contributed by atoms with Crippen LogP contribution in [-0.2, 0) is 6.54 Å². The highest BCUT2D eigenvalue weighted by molar-refractivity contribution is 6.40. The van der Waals surface area contributed by atoms with E-state index in [4.69, 9.17) is 34.8 Å². The number of nitrogens with one attached hydrogen (secondary N) is 1. The van der Waals surface area contributed by atoms with Gasteiger partial charge in [-0.3, -0.25) is 4.90 Å². The van der Waals surface area contributed by atoms with Crippen molar-refractivity contribution in [1.29, 1.82) is 0 Å². The summed E-state index contributed by atoms with van der Waals surface area (Å²) in [4.78, 5) is 14.7. The first-order chi connectivity index (χ1) is 15.9. The van der Waals surface area contributed by atoms with Gasteiger partial charge in [-0.2, -0.15) is 5.06 Å². The first-order valence-electron chi connectivity index (χ1n) is 10.8. The van der Waals surface area contributed by atoms with Crippen LogP contribution in [0.25, 0.3) is 11.1 Å². The van der Waals surface area contributed by atoms with E-state index >= 15 is 0 Å². The van der Waals surface area contributed by atoms with Gasteiger partial charge < -0.3 is 10.5 Å². The van der Waals surface area contributed by atoms with Gasteiger partial charge in [0.1, 0.15) is 0 Å². The smallest absolute Gasteiger partial charge is 0.326 e. The monoisotopic (exact) mass is 501 g/mol. The number of urea groups is 1. The number of piperidine rings is 1. The zero-order valence-corrected chi connectivity index (χ0v) is 20.0. The van der Waals surface area contributed by atoms with Crippen molar-refractivity contribution >= 4 is 52.2 Å². The number of halogens is 3. The van der Waals surface area contributed by atoms with Gasteiger partial charge in [0.25, 0.3) is 0 Å². The molecule has 0 aromatic heterocycles. The molecule has 2 N–H and O–H groups in total. The van der Waals surface area contributed by atoms with E-state index in [1.165, 1.54) is 5.06 Å². The van der Waals surface area contributed by atoms with Crippen LogP contribution in [0.4, 0.5) is 16.2 Å². The molecule has 0 saturated carbocycles. The van der Waals surface area contributed by atoms with E-state index in [2.05, 4.69) is 17.4 Å². The van der Waals surface area contributed by atoms with Crippen molar-refractivity contribution in [3.05, 3.63) is 80.8 Å². The molecule has 1 saturated heterocycles. The summed E-state index contributed by atoms with van der Waals surface area (Å²) in [6, 6.07) is 16.8. The van der Waals surface area contributed by atoms with Crippen LogP contribution < -0.4 is 10.2 Å². The first kappa shape index (κ1) is 22.5. The second kappa shape index (κ2) is 9.16. The highest BCUT2D eigenvalue weighted by atomic mass is 35.5. The number of fused-ring (bicyclic) bond motifs is 1. The minimum atomic E-state index is -0.287. The van der Waals surface area contributed by atoms with E-state index in [1.54, 1.807) is 23.1 Å². The molecule has 2 aliphatic rings. The van der Waals surface area contributed by atoms with E-state index in [0.717, 1.165) is 40.8 Å². The minimum Gasteiger partial charge on any atom is -0.333 e. The van der Waals surface area contributed by atoms with Crippen LogP contribution in [-0.4, -0.2) is 29.4 Å². The summed E-state index contributed by atoms with van der Waals surface area (Å²) < 4.78 is 0. The molecule has 0 atom stereocenters. The van der Waals surface area contributed by atoms with Crippen molar-refractivity contribution in [2.75, 3.05) is 18.0 Å². The van der Waals surface area contributed by atoms with Crippen LogP contribution in [0.1, 0.15) is 29.9 Å². The molecule has 0 radical (unpaired) electrons. The van der Waals surface area contributed by atoms with E-state index < -0.39 is 0 Å². The number of benzene rings is 3. The Labute approximate surface area is 207 Å². The van der Waals surface area contributed by atoms with Gasteiger partial charge in [-0.25, -0.2) is 4.79 Å². The average molecular weight is 503 g/mol. The lowest BCUT2D eigenvalue weighted by atomic mass is 9.85. The molecule has 33 heavy (non-hydrogen) atoms. The molecule has 2 heterocycles. The maximum Gasteiger partial charge on any atom is 0.326 e. The Kier molecular flexibility index (Phi) is 6.25. The molecule has 0 aliphatic carbocycles. The van der Waals surface area contributed by atoms with Gasteiger partial charge in [0.2, 0.25) is 0 Å². The number of rotatable bonds is 3. The molecule has 2 aliphatic heterocycles. The fourth-order valence-corrected chi connectivity index (χ4v) is 5.50. The molecule has 8 heteroatoms. The summed E-state index contributed by atoms with van der Waals surface area (Å²) in [5.41, 5.74) is 5.10. The first-order valence-corrected chi connectivity index (χ1v) is 11.9. The van der Waals surface area contributed by atoms with Crippen LogP contribution in [0.5, 0.6) is 0 Å². The van der Waals surface area contributed by atoms with E-state index in [1.807, 2.05) is 24.3 Å². The highest BCUT2D eigenvalue weighted by Gasteiger charge is 2.32. The van der Waals surface area contributed by atoms with Crippen molar-refractivity contribution in [1.82, 2.24) is 10.4 Å². The van der Waals surface area contributed by atoms with Gasteiger partial charge in [-0.1, -0.05) is 65.1 Å². The molecule has 5 rings (SSSR count). The predicted molar refractivity (Wildman–Crippen MR) is 133 cm³/mol. The number of carbonyl (C=O) groups excluding carboxylic acids is 1. The molecule has 0 spiro atoms. The van der Waals surface area contributed by atoms with Crippen LogP contribution >= 0.6 is 34.8 Å². The number of amides is 2. The van der Waals surface area contributed by atoms with Gasteiger partial charge in [0.05, 0.1) is 21.4 Å². The van der Waals surface area contributed by atoms with E-state index in [0.29, 0.717) is 40.4 Å². The lowest BCUT2D eigenvalue weighted by Crippen LogP contribution is -2.42. The Morgan fingerprint density at radius 3 is 2.24 bits per heavy atom. The third-order valence-corrected chi connectivity index (χ3v) is 7.32. The van der Waals surface area contributed by atoms with Gasteiger partial charge in [0, 0.05) is 35.8 Å². The summed E-state index contributed by atoms with van der Waals surface area (Å²) in [5, 5.41) is 15.6. The highest BCUT2D eigenvalue weighted by Crippen LogP contribution is 2.46. The molecular weight excluding hydrogens is 481 g/mol. The Balaban J connectivity index is 1.74. The number of para-hydroxylation sites is 1. The predicted octanol–water partition coefficient (Wildman–Crippen LogP) is 7.24.